The largest absolute Gasteiger partial charge is 0.480 e. The van der Waals surface area contributed by atoms with Crippen molar-refractivity contribution in [1.82, 2.24) is 0 Å². The van der Waals surface area contributed by atoms with Crippen molar-refractivity contribution in [2.75, 3.05) is 19.7 Å². The summed E-state index contributed by atoms with van der Waals surface area (Å²) in [6.45, 7) is 0.971. The predicted molar refractivity (Wildman–Crippen MR) is 70.0 cm³/mol. The second kappa shape index (κ2) is 9.82. The molecule has 0 radical (unpaired) electrons. The average Bonchev–Trinajstić information content (AvgIpc) is 2.37. The molecule has 0 saturated heterocycles. The lowest BCUT2D eigenvalue weighted by atomic mass is 9.91. The lowest BCUT2D eigenvalue weighted by Gasteiger charge is -2.21. The Hall–Kier alpha value is -1.06. The van der Waals surface area contributed by atoms with Crippen LogP contribution in [0.15, 0.2) is 0 Å². The summed E-state index contributed by atoms with van der Waals surface area (Å²) in [5.41, 5.74) is 21.7. The lowest BCUT2D eigenvalue weighted by molar-refractivity contribution is -0.140. The summed E-state index contributed by atoms with van der Waals surface area (Å²) in [5.74, 6) is -2.14. The highest BCUT2D eigenvalue weighted by molar-refractivity contribution is 5.85. The van der Waals surface area contributed by atoms with Crippen LogP contribution in [0.3, 0.4) is 0 Å². The van der Waals surface area contributed by atoms with Crippen LogP contribution in [0.1, 0.15) is 19.3 Å². The van der Waals surface area contributed by atoms with Gasteiger partial charge in [0.25, 0.3) is 0 Å². The minimum absolute atomic E-state index is 0.000679. The van der Waals surface area contributed by atoms with E-state index in [1.165, 1.54) is 0 Å². The first kappa shape index (κ1) is 17.9. The van der Waals surface area contributed by atoms with Gasteiger partial charge in [0.2, 0.25) is 0 Å². The molecule has 0 rings (SSSR count). The van der Waals surface area contributed by atoms with Crippen LogP contribution in [-0.4, -0.2) is 48.8 Å². The SMILES string of the molecule is NCCCO[C@H](N)C(=O)C(CCN)C[C@H](N)C(=O)O. The number of ketones is 1. The number of carboxylic acid groups (broad SMARTS) is 1. The zero-order valence-electron chi connectivity index (χ0n) is 11.0. The summed E-state index contributed by atoms with van der Waals surface area (Å²) in [6.07, 6.45) is -0.173. The molecule has 1 unspecified atom stereocenters. The highest BCUT2D eigenvalue weighted by Gasteiger charge is 2.28. The maximum Gasteiger partial charge on any atom is 0.320 e. The molecule has 0 bridgehead atoms. The molecule has 112 valence electrons. The Balaban J connectivity index is 4.42. The van der Waals surface area contributed by atoms with Crippen LogP contribution in [0, 0.1) is 5.92 Å². The minimum Gasteiger partial charge on any atom is -0.480 e. The van der Waals surface area contributed by atoms with Gasteiger partial charge in [-0.1, -0.05) is 0 Å². The number of carboxylic acids is 1. The zero-order valence-corrected chi connectivity index (χ0v) is 11.0. The van der Waals surface area contributed by atoms with E-state index in [0.29, 0.717) is 19.4 Å². The predicted octanol–water partition coefficient (Wildman–Crippen LogP) is -2.03. The second-order valence-electron chi connectivity index (χ2n) is 4.29. The van der Waals surface area contributed by atoms with Crippen molar-refractivity contribution in [1.29, 1.82) is 0 Å². The van der Waals surface area contributed by atoms with Crippen molar-refractivity contribution in [2.24, 2.45) is 28.9 Å². The van der Waals surface area contributed by atoms with E-state index in [9.17, 15) is 9.59 Å². The number of carbonyl (C=O) groups excluding carboxylic acids is 1. The topological polar surface area (TPSA) is 168 Å². The monoisotopic (exact) mass is 276 g/mol. The van der Waals surface area contributed by atoms with E-state index in [4.69, 9.17) is 32.8 Å². The van der Waals surface area contributed by atoms with Gasteiger partial charge in [0.05, 0.1) is 6.61 Å². The van der Waals surface area contributed by atoms with Crippen LogP contribution in [0.25, 0.3) is 0 Å². The van der Waals surface area contributed by atoms with Gasteiger partial charge in [-0.05, 0) is 32.4 Å². The molecular formula is C11H24N4O4. The number of hydrogen-bond acceptors (Lipinski definition) is 7. The van der Waals surface area contributed by atoms with Gasteiger partial charge in [0.1, 0.15) is 6.04 Å². The maximum absolute atomic E-state index is 12.0. The van der Waals surface area contributed by atoms with Crippen LogP contribution in [0.4, 0.5) is 0 Å². The van der Waals surface area contributed by atoms with E-state index in [1.54, 1.807) is 0 Å². The van der Waals surface area contributed by atoms with Crippen molar-refractivity contribution in [2.45, 2.75) is 31.5 Å². The van der Waals surface area contributed by atoms with E-state index in [2.05, 4.69) is 0 Å². The van der Waals surface area contributed by atoms with Crippen molar-refractivity contribution < 1.29 is 19.4 Å². The summed E-state index contributed by atoms with van der Waals surface area (Å²) < 4.78 is 5.13. The Morgan fingerprint density at radius 2 is 1.79 bits per heavy atom. The van der Waals surface area contributed by atoms with Crippen molar-refractivity contribution in [3.8, 4) is 0 Å². The normalized spacial score (nSPS) is 15.8. The fourth-order valence-electron chi connectivity index (χ4n) is 1.59. The highest BCUT2D eigenvalue weighted by Crippen LogP contribution is 2.14. The van der Waals surface area contributed by atoms with E-state index < -0.39 is 24.2 Å². The molecule has 0 saturated carbocycles. The fraction of sp³-hybridized carbons (Fsp3) is 0.818. The molecule has 9 N–H and O–H groups in total. The number of aliphatic carboxylic acids is 1. The molecule has 8 nitrogen and oxygen atoms in total. The Morgan fingerprint density at radius 3 is 2.26 bits per heavy atom. The first-order valence-corrected chi connectivity index (χ1v) is 6.23. The molecule has 0 fully saturated rings. The molecule has 0 aromatic heterocycles. The van der Waals surface area contributed by atoms with Gasteiger partial charge < -0.3 is 27.0 Å². The molecular weight excluding hydrogens is 252 g/mol. The number of carbonyl (C=O) groups is 2. The Kier molecular flexibility index (Phi) is 9.27. The molecule has 0 heterocycles. The Labute approximate surface area is 112 Å². The molecule has 3 atom stereocenters. The van der Waals surface area contributed by atoms with E-state index >= 15 is 0 Å². The average molecular weight is 276 g/mol. The number of hydrogen-bond donors (Lipinski definition) is 5. The molecule has 0 aliphatic rings. The van der Waals surface area contributed by atoms with Gasteiger partial charge in [-0.2, -0.15) is 0 Å². The first-order valence-electron chi connectivity index (χ1n) is 6.23. The van der Waals surface area contributed by atoms with Gasteiger partial charge in [0.15, 0.2) is 12.0 Å². The summed E-state index contributed by atoms with van der Waals surface area (Å²) >= 11 is 0. The van der Waals surface area contributed by atoms with Crippen molar-refractivity contribution in [3.05, 3.63) is 0 Å². The summed E-state index contributed by atoms with van der Waals surface area (Å²) in [5, 5.41) is 8.75. The summed E-state index contributed by atoms with van der Waals surface area (Å²) in [6, 6.07) is -1.11. The summed E-state index contributed by atoms with van der Waals surface area (Å²) in [4.78, 5) is 22.7. The minimum atomic E-state index is -1.16. The van der Waals surface area contributed by atoms with Crippen molar-refractivity contribution >= 4 is 11.8 Å². The maximum atomic E-state index is 12.0. The third kappa shape index (κ3) is 7.19. The van der Waals surface area contributed by atoms with Crippen molar-refractivity contribution in [3.63, 3.8) is 0 Å². The van der Waals surface area contributed by atoms with Crippen LogP contribution in [0.2, 0.25) is 0 Å². The van der Waals surface area contributed by atoms with Gasteiger partial charge in [-0.25, -0.2) is 0 Å². The summed E-state index contributed by atoms with van der Waals surface area (Å²) in [7, 11) is 0. The highest BCUT2D eigenvalue weighted by atomic mass is 16.5. The molecule has 0 aromatic carbocycles. The molecule has 0 aliphatic carbocycles. The smallest absolute Gasteiger partial charge is 0.320 e. The van der Waals surface area contributed by atoms with Crippen LogP contribution in [-0.2, 0) is 14.3 Å². The molecule has 0 aliphatic heterocycles. The lowest BCUT2D eigenvalue weighted by Crippen LogP contribution is -2.42. The Morgan fingerprint density at radius 1 is 1.16 bits per heavy atom. The fourth-order valence-corrected chi connectivity index (χ4v) is 1.59. The third-order valence-electron chi connectivity index (χ3n) is 2.70. The molecule has 0 spiro atoms. The number of Topliss-reactive ketones (excluding diaryl/α,β-unsaturated/α-hetero) is 1. The van der Waals surface area contributed by atoms with Gasteiger partial charge in [0, 0.05) is 5.92 Å². The van der Waals surface area contributed by atoms with Gasteiger partial charge >= 0.3 is 5.97 Å². The first-order chi connectivity index (χ1) is 8.93. The van der Waals surface area contributed by atoms with Crippen LogP contribution >= 0.6 is 0 Å². The van der Waals surface area contributed by atoms with E-state index in [-0.39, 0.29) is 25.4 Å². The van der Waals surface area contributed by atoms with Gasteiger partial charge in [-0.15, -0.1) is 0 Å². The number of nitrogens with two attached hydrogens (primary N) is 4. The molecule has 0 amide bonds. The van der Waals surface area contributed by atoms with Crippen LogP contribution < -0.4 is 22.9 Å². The number of rotatable bonds is 11. The quantitative estimate of drug-likeness (QED) is 0.213. The van der Waals surface area contributed by atoms with Gasteiger partial charge in [-0.3, -0.25) is 15.3 Å². The second-order valence-corrected chi connectivity index (χ2v) is 4.29. The third-order valence-corrected chi connectivity index (χ3v) is 2.70. The van der Waals surface area contributed by atoms with E-state index in [0.717, 1.165) is 0 Å². The molecule has 0 aromatic rings. The molecule has 19 heavy (non-hydrogen) atoms. The van der Waals surface area contributed by atoms with Crippen LogP contribution in [0.5, 0.6) is 0 Å². The van der Waals surface area contributed by atoms with E-state index in [1.807, 2.05) is 0 Å². The Bertz CT molecular complexity index is 288. The zero-order chi connectivity index (χ0) is 14.8. The number of ether oxygens (including phenoxy) is 1. The standard InChI is InChI=1S/C11H24N4O4/c12-3-1-5-19-10(15)9(16)7(2-4-13)6-8(14)11(17)18/h7-8,10H,1-6,12-15H2,(H,17,18)/t7?,8-,10-/m0/s1. The molecule has 8 heteroatoms.